The molecule has 0 saturated carbocycles. The fourth-order valence-corrected chi connectivity index (χ4v) is 3.56. The number of hydrogen-bond acceptors (Lipinski definition) is 6. The van der Waals surface area contributed by atoms with E-state index in [4.69, 9.17) is 9.72 Å². The highest BCUT2D eigenvalue weighted by Crippen LogP contribution is 2.39. The molecule has 0 unspecified atom stereocenters. The first-order valence-electron chi connectivity index (χ1n) is 9.48. The highest BCUT2D eigenvalue weighted by molar-refractivity contribution is 5.94. The van der Waals surface area contributed by atoms with Crippen LogP contribution in [0.3, 0.4) is 0 Å². The van der Waals surface area contributed by atoms with Gasteiger partial charge in [-0.05, 0) is 31.0 Å². The van der Waals surface area contributed by atoms with Crippen LogP contribution in [0.5, 0.6) is 0 Å². The Morgan fingerprint density at radius 3 is 2.56 bits per heavy atom. The number of nitrogens with one attached hydrogen (secondary N) is 2. The van der Waals surface area contributed by atoms with Gasteiger partial charge in [-0.3, -0.25) is 10.2 Å². The van der Waals surface area contributed by atoms with Crippen molar-refractivity contribution in [2.45, 2.75) is 19.8 Å². The van der Waals surface area contributed by atoms with Crippen molar-refractivity contribution in [1.29, 1.82) is 0 Å². The Hall–Kier alpha value is -2.51. The minimum absolute atomic E-state index is 0.144. The lowest BCUT2D eigenvalue weighted by Gasteiger charge is -2.47. The number of carbonyl (C=O) groups is 1. The van der Waals surface area contributed by atoms with Gasteiger partial charge in [0.15, 0.2) is 0 Å². The molecule has 1 spiro atoms. The van der Waals surface area contributed by atoms with Gasteiger partial charge in [0.1, 0.15) is 0 Å². The van der Waals surface area contributed by atoms with Crippen LogP contribution in [0.4, 0.5) is 5.95 Å². The zero-order valence-corrected chi connectivity index (χ0v) is 15.6. The third-order valence-electron chi connectivity index (χ3n) is 5.39. The number of hydrazine groups is 1. The van der Waals surface area contributed by atoms with Gasteiger partial charge in [0.2, 0.25) is 5.95 Å². The second-order valence-corrected chi connectivity index (χ2v) is 7.28. The summed E-state index contributed by atoms with van der Waals surface area (Å²) in [5, 5.41) is 0. The Kier molecular flexibility index (Phi) is 5.05. The minimum atomic E-state index is -0.144. The third-order valence-corrected chi connectivity index (χ3v) is 5.39. The zero-order chi connectivity index (χ0) is 18.7. The Morgan fingerprint density at radius 2 is 1.93 bits per heavy atom. The maximum atomic E-state index is 12.0. The molecule has 7 nitrogen and oxygen atoms in total. The lowest BCUT2D eigenvalue weighted by Crippen LogP contribution is -2.51. The number of benzene rings is 1. The molecule has 2 aromatic rings. The van der Waals surface area contributed by atoms with Crippen molar-refractivity contribution in [3.05, 3.63) is 42.1 Å². The minimum Gasteiger partial charge on any atom is -0.380 e. The van der Waals surface area contributed by atoms with Crippen molar-refractivity contribution in [3.8, 4) is 11.3 Å². The molecule has 1 aromatic heterocycles. The lowest BCUT2D eigenvalue weighted by molar-refractivity contribution is -0.124. The molecule has 2 aliphatic rings. The van der Waals surface area contributed by atoms with Gasteiger partial charge in [0.25, 0.3) is 5.91 Å². The molecule has 7 heteroatoms. The van der Waals surface area contributed by atoms with Crippen LogP contribution >= 0.6 is 0 Å². The Bertz CT molecular complexity index is 794. The van der Waals surface area contributed by atoms with Gasteiger partial charge < -0.3 is 9.64 Å². The highest BCUT2D eigenvalue weighted by Gasteiger charge is 2.41. The van der Waals surface area contributed by atoms with Crippen molar-refractivity contribution < 1.29 is 9.53 Å². The van der Waals surface area contributed by atoms with Crippen LogP contribution < -0.4 is 15.8 Å². The maximum absolute atomic E-state index is 12.0. The van der Waals surface area contributed by atoms with E-state index in [0.29, 0.717) is 17.5 Å². The summed E-state index contributed by atoms with van der Waals surface area (Å²) < 4.78 is 5.40. The van der Waals surface area contributed by atoms with Gasteiger partial charge in [-0.1, -0.05) is 19.1 Å². The molecule has 2 aliphatic heterocycles. The third kappa shape index (κ3) is 3.79. The van der Waals surface area contributed by atoms with E-state index < -0.39 is 0 Å². The van der Waals surface area contributed by atoms with Crippen LogP contribution in [0.25, 0.3) is 11.3 Å². The number of carbonyl (C=O) groups excluding carboxylic acids is 1. The molecule has 2 saturated heterocycles. The molecule has 1 aromatic carbocycles. The predicted octanol–water partition coefficient (Wildman–Crippen LogP) is 2.01. The summed E-state index contributed by atoms with van der Waals surface area (Å²) in [5.41, 5.74) is 8.31. The number of aromatic nitrogens is 2. The standard InChI is InChI=1S/C20H25N5O2/c1-2-22-24-18(26)16-5-3-15(4-6-16)17-7-10-21-19(23-17)25-11-8-20(9-12-25)13-27-14-20/h3-7,10,22H,2,8-9,11-14H2,1H3,(H,24,26). The van der Waals surface area contributed by atoms with Gasteiger partial charge >= 0.3 is 0 Å². The van der Waals surface area contributed by atoms with Crippen LogP contribution in [0.2, 0.25) is 0 Å². The smallest absolute Gasteiger partial charge is 0.265 e. The van der Waals surface area contributed by atoms with Crippen molar-refractivity contribution in [3.63, 3.8) is 0 Å². The van der Waals surface area contributed by atoms with Gasteiger partial charge in [0.05, 0.1) is 18.9 Å². The molecular weight excluding hydrogens is 342 g/mol. The predicted molar refractivity (Wildman–Crippen MR) is 103 cm³/mol. The summed E-state index contributed by atoms with van der Waals surface area (Å²) in [5.74, 6) is 0.630. The number of ether oxygens (including phenoxy) is 1. The molecule has 2 N–H and O–H groups in total. The molecule has 3 heterocycles. The van der Waals surface area contributed by atoms with E-state index in [2.05, 4.69) is 20.7 Å². The van der Waals surface area contributed by atoms with Crippen molar-refractivity contribution >= 4 is 11.9 Å². The summed E-state index contributed by atoms with van der Waals surface area (Å²) in [6, 6.07) is 9.37. The number of amides is 1. The molecule has 0 bridgehead atoms. The average Bonchev–Trinajstić information content (AvgIpc) is 2.71. The molecule has 0 atom stereocenters. The van der Waals surface area contributed by atoms with Crippen LogP contribution in [0.1, 0.15) is 30.1 Å². The van der Waals surface area contributed by atoms with Crippen LogP contribution in [-0.2, 0) is 4.74 Å². The molecular formula is C20H25N5O2. The zero-order valence-electron chi connectivity index (χ0n) is 15.6. The maximum Gasteiger partial charge on any atom is 0.265 e. The van der Waals surface area contributed by atoms with E-state index in [9.17, 15) is 4.79 Å². The van der Waals surface area contributed by atoms with Crippen molar-refractivity contribution in [2.24, 2.45) is 5.41 Å². The molecule has 142 valence electrons. The van der Waals surface area contributed by atoms with Gasteiger partial charge in [-0.15, -0.1) is 0 Å². The van der Waals surface area contributed by atoms with Crippen LogP contribution in [0.15, 0.2) is 36.5 Å². The van der Waals surface area contributed by atoms with Gasteiger partial charge in [0, 0.05) is 42.4 Å². The lowest BCUT2D eigenvalue weighted by atomic mass is 9.77. The number of piperidine rings is 1. The first-order chi connectivity index (χ1) is 13.2. The SMILES string of the molecule is CCNNC(=O)c1ccc(-c2ccnc(N3CCC4(CC3)COC4)n2)cc1. The fraction of sp³-hybridized carbons (Fsp3) is 0.450. The van der Waals surface area contributed by atoms with Crippen LogP contribution in [0, 0.1) is 5.41 Å². The number of rotatable bonds is 5. The van der Waals surface area contributed by atoms with Crippen molar-refractivity contribution in [2.75, 3.05) is 37.7 Å². The number of anilines is 1. The second-order valence-electron chi connectivity index (χ2n) is 7.28. The largest absolute Gasteiger partial charge is 0.380 e. The normalized spacial score (nSPS) is 18.2. The topological polar surface area (TPSA) is 79.4 Å². The molecule has 0 aliphatic carbocycles. The van der Waals surface area contributed by atoms with E-state index in [-0.39, 0.29) is 5.91 Å². The highest BCUT2D eigenvalue weighted by atomic mass is 16.5. The van der Waals surface area contributed by atoms with E-state index in [1.54, 1.807) is 6.20 Å². The average molecular weight is 367 g/mol. The quantitative estimate of drug-likeness (QED) is 0.787. The van der Waals surface area contributed by atoms with E-state index in [1.165, 1.54) is 0 Å². The first-order valence-corrected chi connectivity index (χ1v) is 9.48. The number of hydrogen-bond donors (Lipinski definition) is 2. The van der Waals surface area contributed by atoms with E-state index in [0.717, 1.165) is 56.4 Å². The fourth-order valence-electron chi connectivity index (χ4n) is 3.56. The van der Waals surface area contributed by atoms with Gasteiger partial charge in [-0.2, -0.15) is 0 Å². The van der Waals surface area contributed by atoms with E-state index >= 15 is 0 Å². The first kappa shape index (κ1) is 17.9. The molecule has 1 amide bonds. The molecule has 4 rings (SSSR count). The van der Waals surface area contributed by atoms with Gasteiger partial charge in [-0.25, -0.2) is 15.4 Å². The molecule has 0 radical (unpaired) electrons. The molecule has 27 heavy (non-hydrogen) atoms. The monoisotopic (exact) mass is 367 g/mol. The summed E-state index contributed by atoms with van der Waals surface area (Å²) >= 11 is 0. The second kappa shape index (κ2) is 7.62. The Labute approximate surface area is 159 Å². The summed E-state index contributed by atoms with van der Waals surface area (Å²) in [4.78, 5) is 23.5. The summed E-state index contributed by atoms with van der Waals surface area (Å²) in [6.07, 6.45) is 4.08. The Morgan fingerprint density at radius 1 is 1.19 bits per heavy atom. The molecule has 2 fully saturated rings. The summed E-state index contributed by atoms with van der Waals surface area (Å²) in [7, 11) is 0. The Balaban J connectivity index is 1.45. The van der Waals surface area contributed by atoms with Crippen LogP contribution in [-0.4, -0.2) is 48.7 Å². The van der Waals surface area contributed by atoms with E-state index in [1.807, 2.05) is 37.3 Å². The number of nitrogens with zero attached hydrogens (tertiary/aromatic N) is 3. The van der Waals surface area contributed by atoms with Crippen molar-refractivity contribution in [1.82, 2.24) is 20.8 Å². The summed E-state index contributed by atoms with van der Waals surface area (Å²) in [6.45, 7) is 6.34.